The highest BCUT2D eigenvalue weighted by Gasteiger charge is 2.25. The summed E-state index contributed by atoms with van der Waals surface area (Å²) < 4.78 is 2.05. The summed E-state index contributed by atoms with van der Waals surface area (Å²) in [6, 6.07) is 8.54. The van der Waals surface area contributed by atoms with Crippen LogP contribution in [-0.2, 0) is 13.0 Å². The zero-order chi connectivity index (χ0) is 13.4. The molecule has 1 aromatic heterocycles. The molecule has 0 aliphatic carbocycles. The largest absolute Gasteiger partial charge is 0.394 e. The van der Waals surface area contributed by atoms with Crippen LogP contribution in [0.5, 0.6) is 0 Å². The first-order valence-corrected chi connectivity index (χ1v) is 6.90. The Balaban J connectivity index is 2.08. The summed E-state index contributed by atoms with van der Waals surface area (Å²) in [6.45, 7) is 6.03. The molecule has 2 N–H and O–H groups in total. The van der Waals surface area contributed by atoms with Gasteiger partial charge in [-0.05, 0) is 31.4 Å². The van der Waals surface area contributed by atoms with Crippen LogP contribution < -0.4 is 10.6 Å². The molecule has 2 heterocycles. The molecule has 100 valence electrons. The van der Waals surface area contributed by atoms with E-state index < -0.39 is 0 Å². The van der Waals surface area contributed by atoms with Crippen LogP contribution >= 0.6 is 0 Å². The van der Waals surface area contributed by atoms with Crippen molar-refractivity contribution < 1.29 is 0 Å². The number of fused-ring (bicyclic) bond motifs is 1. The fourth-order valence-corrected chi connectivity index (χ4v) is 2.79. The van der Waals surface area contributed by atoms with E-state index in [1.807, 2.05) is 11.6 Å². The van der Waals surface area contributed by atoms with Crippen LogP contribution in [0, 0.1) is 6.92 Å². The second kappa shape index (κ2) is 4.61. The van der Waals surface area contributed by atoms with Crippen molar-refractivity contribution in [2.75, 3.05) is 17.2 Å². The van der Waals surface area contributed by atoms with Crippen molar-refractivity contribution in [3.63, 3.8) is 0 Å². The Morgan fingerprint density at radius 1 is 1.32 bits per heavy atom. The first kappa shape index (κ1) is 12.1. The molecule has 19 heavy (non-hydrogen) atoms. The van der Waals surface area contributed by atoms with Crippen LogP contribution in [-0.4, -0.2) is 16.3 Å². The summed E-state index contributed by atoms with van der Waals surface area (Å²) in [7, 11) is 0. The van der Waals surface area contributed by atoms with E-state index in [4.69, 9.17) is 5.73 Å². The monoisotopic (exact) mass is 256 g/mol. The van der Waals surface area contributed by atoms with Crippen molar-refractivity contribution in [2.45, 2.75) is 33.2 Å². The molecule has 4 heteroatoms. The van der Waals surface area contributed by atoms with Crippen LogP contribution in [0.3, 0.4) is 0 Å². The first-order chi connectivity index (χ1) is 9.22. The van der Waals surface area contributed by atoms with E-state index in [2.05, 4.69) is 41.2 Å². The summed E-state index contributed by atoms with van der Waals surface area (Å²) in [6.07, 6.45) is 2.13. The summed E-state index contributed by atoms with van der Waals surface area (Å²) in [5.41, 5.74) is 10.6. The van der Waals surface area contributed by atoms with Crippen LogP contribution in [0.4, 0.5) is 17.2 Å². The highest BCUT2D eigenvalue weighted by molar-refractivity contribution is 5.76. The highest BCUT2D eigenvalue weighted by atomic mass is 15.4. The number of nitrogen functional groups attached to an aromatic ring is 1. The van der Waals surface area contributed by atoms with Gasteiger partial charge < -0.3 is 10.6 Å². The van der Waals surface area contributed by atoms with Crippen LogP contribution in [0.2, 0.25) is 0 Å². The number of aromatic nitrogens is 2. The van der Waals surface area contributed by atoms with E-state index in [1.165, 1.54) is 11.3 Å². The molecule has 0 saturated heterocycles. The minimum atomic E-state index is 0.810. The fraction of sp³-hybridized carbons (Fsp3) is 0.400. The average Bonchev–Trinajstić information content (AvgIpc) is 2.93. The Labute approximate surface area is 113 Å². The molecule has 2 aromatic rings. The highest BCUT2D eigenvalue weighted by Crippen LogP contribution is 2.38. The van der Waals surface area contributed by atoms with Gasteiger partial charge in [-0.3, -0.25) is 0 Å². The van der Waals surface area contributed by atoms with Gasteiger partial charge in [0.1, 0.15) is 0 Å². The maximum atomic E-state index is 6.25. The lowest BCUT2D eigenvalue weighted by atomic mass is 10.2. The second-order valence-electron chi connectivity index (χ2n) is 5.08. The first-order valence-electron chi connectivity index (χ1n) is 6.90. The van der Waals surface area contributed by atoms with Crippen molar-refractivity contribution >= 4 is 17.2 Å². The summed E-state index contributed by atoms with van der Waals surface area (Å²) in [5, 5.41) is 4.57. The quantitative estimate of drug-likeness (QED) is 0.918. The Kier molecular flexibility index (Phi) is 2.93. The van der Waals surface area contributed by atoms with Gasteiger partial charge in [-0.1, -0.05) is 25.1 Å². The van der Waals surface area contributed by atoms with E-state index in [0.29, 0.717) is 0 Å². The normalized spacial score (nSPS) is 13.9. The van der Waals surface area contributed by atoms with Crippen LogP contribution in [0.1, 0.15) is 24.6 Å². The number of hydrogen-bond acceptors (Lipinski definition) is 3. The lowest BCUT2D eigenvalue weighted by Gasteiger charge is -2.21. The Morgan fingerprint density at radius 2 is 2.11 bits per heavy atom. The third-order valence-electron chi connectivity index (χ3n) is 3.72. The molecule has 4 nitrogen and oxygen atoms in total. The van der Waals surface area contributed by atoms with Crippen molar-refractivity contribution in [3.8, 4) is 0 Å². The van der Waals surface area contributed by atoms with Gasteiger partial charge in [-0.2, -0.15) is 5.10 Å². The molecule has 0 radical (unpaired) electrons. The van der Waals surface area contributed by atoms with Crippen molar-refractivity contribution in [2.24, 2.45) is 0 Å². The molecule has 0 fully saturated rings. The fourth-order valence-electron chi connectivity index (χ4n) is 2.79. The topological polar surface area (TPSA) is 47.1 Å². The van der Waals surface area contributed by atoms with E-state index >= 15 is 0 Å². The standard InChI is InChI=1S/C15H20N4/c1-3-9-19-15(14(16)11(2)17-19)18-10-8-12-6-4-5-7-13(12)18/h4-7H,3,8-10,16H2,1-2H3. The number of benzene rings is 1. The molecular weight excluding hydrogens is 236 g/mol. The van der Waals surface area contributed by atoms with Crippen molar-refractivity contribution in [1.82, 2.24) is 9.78 Å². The zero-order valence-electron chi connectivity index (χ0n) is 11.6. The minimum absolute atomic E-state index is 0.810. The van der Waals surface area contributed by atoms with E-state index in [1.54, 1.807) is 0 Å². The lowest BCUT2D eigenvalue weighted by molar-refractivity contribution is 0.596. The molecule has 0 atom stereocenters. The maximum Gasteiger partial charge on any atom is 0.155 e. The number of aryl methyl sites for hydroxylation is 2. The molecule has 0 bridgehead atoms. The van der Waals surface area contributed by atoms with Gasteiger partial charge in [-0.15, -0.1) is 0 Å². The van der Waals surface area contributed by atoms with E-state index in [0.717, 1.165) is 43.1 Å². The van der Waals surface area contributed by atoms with Crippen LogP contribution in [0.25, 0.3) is 0 Å². The number of para-hydroxylation sites is 1. The SMILES string of the molecule is CCCn1nc(C)c(N)c1N1CCc2ccccc21. The van der Waals surface area contributed by atoms with Gasteiger partial charge in [0, 0.05) is 18.8 Å². The van der Waals surface area contributed by atoms with E-state index in [-0.39, 0.29) is 0 Å². The predicted octanol–water partition coefficient (Wildman–Crippen LogP) is 2.88. The maximum absolute atomic E-state index is 6.25. The lowest BCUT2D eigenvalue weighted by Crippen LogP contribution is -2.19. The molecule has 0 unspecified atom stereocenters. The number of nitrogens with two attached hydrogens (primary N) is 1. The Morgan fingerprint density at radius 3 is 2.89 bits per heavy atom. The van der Waals surface area contributed by atoms with Crippen molar-refractivity contribution in [1.29, 1.82) is 0 Å². The number of nitrogens with zero attached hydrogens (tertiary/aromatic N) is 3. The zero-order valence-corrected chi connectivity index (χ0v) is 11.6. The third-order valence-corrected chi connectivity index (χ3v) is 3.72. The molecule has 1 aromatic carbocycles. The average molecular weight is 256 g/mol. The molecule has 0 saturated carbocycles. The number of anilines is 3. The summed E-state index contributed by atoms with van der Waals surface area (Å²) in [4.78, 5) is 2.31. The third kappa shape index (κ3) is 1.87. The molecular formula is C15H20N4. The van der Waals surface area contributed by atoms with Gasteiger partial charge in [-0.25, -0.2) is 4.68 Å². The van der Waals surface area contributed by atoms with Gasteiger partial charge in [0.25, 0.3) is 0 Å². The predicted molar refractivity (Wildman–Crippen MR) is 78.8 cm³/mol. The number of rotatable bonds is 3. The Hall–Kier alpha value is -1.97. The number of hydrogen-bond donors (Lipinski definition) is 1. The van der Waals surface area contributed by atoms with Crippen LogP contribution in [0.15, 0.2) is 24.3 Å². The smallest absolute Gasteiger partial charge is 0.155 e. The minimum Gasteiger partial charge on any atom is -0.394 e. The van der Waals surface area contributed by atoms with E-state index in [9.17, 15) is 0 Å². The van der Waals surface area contributed by atoms with Gasteiger partial charge in [0.2, 0.25) is 0 Å². The molecule has 3 rings (SSSR count). The summed E-state index contributed by atoms with van der Waals surface area (Å²) in [5.74, 6) is 1.06. The molecule has 1 aliphatic heterocycles. The molecule has 1 aliphatic rings. The molecule has 0 spiro atoms. The molecule has 0 amide bonds. The van der Waals surface area contributed by atoms with Gasteiger partial charge in [0.05, 0.1) is 11.4 Å². The second-order valence-corrected chi connectivity index (χ2v) is 5.08. The van der Waals surface area contributed by atoms with Crippen molar-refractivity contribution in [3.05, 3.63) is 35.5 Å². The van der Waals surface area contributed by atoms with Gasteiger partial charge in [0.15, 0.2) is 5.82 Å². The summed E-state index contributed by atoms with van der Waals surface area (Å²) >= 11 is 0. The van der Waals surface area contributed by atoms with Gasteiger partial charge >= 0.3 is 0 Å². The Bertz CT molecular complexity index is 600.